The molecule has 1 N–H and O–H groups in total. The molecule has 0 amide bonds. The van der Waals surface area contributed by atoms with Gasteiger partial charge < -0.3 is 14.7 Å². The smallest absolute Gasteiger partial charge is 0.0698 e. The van der Waals surface area contributed by atoms with Crippen molar-refractivity contribution >= 4 is 0 Å². The van der Waals surface area contributed by atoms with Crippen LogP contribution in [0.5, 0.6) is 0 Å². The second kappa shape index (κ2) is 6.58. The van der Waals surface area contributed by atoms with Crippen LogP contribution in [-0.4, -0.2) is 49.5 Å². The average Bonchev–Trinajstić information content (AvgIpc) is 2.36. The molecule has 0 bridgehead atoms. The van der Waals surface area contributed by atoms with Gasteiger partial charge >= 0.3 is 0 Å². The third-order valence-electron chi connectivity index (χ3n) is 4.19. The highest BCUT2D eigenvalue weighted by atomic mass is 16.5. The largest absolute Gasteiger partial charge is 0.396 e. The number of likely N-dealkylation sites (tertiary alicyclic amines) is 1. The molecule has 0 aromatic heterocycles. The molecule has 0 radical (unpaired) electrons. The molecule has 0 spiro atoms. The van der Waals surface area contributed by atoms with E-state index >= 15 is 0 Å². The molecule has 1 unspecified atom stereocenters. The summed E-state index contributed by atoms with van der Waals surface area (Å²) in [6.07, 6.45) is 4.88. The van der Waals surface area contributed by atoms with Crippen LogP contribution in [0.15, 0.2) is 0 Å². The van der Waals surface area contributed by atoms with E-state index in [1.165, 1.54) is 12.8 Å². The van der Waals surface area contributed by atoms with Crippen molar-refractivity contribution in [1.29, 1.82) is 0 Å². The number of methoxy groups -OCH3 is 1. The molecule has 3 nitrogen and oxygen atoms in total. The van der Waals surface area contributed by atoms with Gasteiger partial charge in [0.2, 0.25) is 0 Å². The minimum absolute atomic E-state index is 0.0929. The van der Waals surface area contributed by atoms with Gasteiger partial charge in [0.25, 0.3) is 0 Å². The van der Waals surface area contributed by atoms with E-state index in [1.54, 1.807) is 7.11 Å². The Labute approximate surface area is 99.8 Å². The van der Waals surface area contributed by atoms with E-state index in [2.05, 4.69) is 18.7 Å². The average molecular weight is 229 g/mol. The number of ether oxygens (including phenoxy) is 1. The molecule has 0 aromatic rings. The molecule has 1 fully saturated rings. The lowest BCUT2D eigenvalue weighted by Crippen LogP contribution is -2.46. The van der Waals surface area contributed by atoms with Crippen molar-refractivity contribution in [3.05, 3.63) is 0 Å². The van der Waals surface area contributed by atoms with Crippen LogP contribution in [0.4, 0.5) is 0 Å². The Hall–Kier alpha value is -0.120. The minimum atomic E-state index is 0.0929. The molecule has 0 aromatic carbocycles. The molecule has 96 valence electrons. The standard InChI is InChI=1S/C13H27NO2/c1-4-13(5-2,11-15)10-14-8-6-7-12(9-14)16-3/h12,15H,4-11H2,1-3H3. The van der Waals surface area contributed by atoms with E-state index < -0.39 is 0 Å². The van der Waals surface area contributed by atoms with Gasteiger partial charge in [-0.1, -0.05) is 13.8 Å². The summed E-state index contributed by atoms with van der Waals surface area (Å²) in [5.74, 6) is 0. The first-order chi connectivity index (χ1) is 7.69. The van der Waals surface area contributed by atoms with E-state index in [0.29, 0.717) is 12.7 Å². The van der Waals surface area contributed by atoms with Gasteiger partial charge in [-0.25, -0.2) is 0 Å². The second-order valence-electron chi connectivity index (χ2n) is 5.10. The first-order valence-electron chi connectivity index (χ1n) is 6.55. The fourth-order valence-corrected chi connectivity index (χ4v) is 2.57. The Kier molecular flexibility index (Phi) is 5.73. The van der Waals surface area contributed by atoms with E-state index in [-0.39, 0.29) is 5.41 Å². The van der Waals surface area contributed by atoms with Crippen LogP contribution in [0.25, 0.3) is 0 Å². The van der Waals surface area contributed by atoms with E-state index in [9.17, 15) is 5.11 Å². The van der Waals surface area contributed by atoms with Crippen LogP contribution in [0.2, 0.25) is 0 Å². The molecule has 0 saturated carbocycles. The Morgan fingerprint density at radius 2 is 2.06 bits per heavy atom. The summed E-state index contributed by atoms with van der Waals surface area (Å²) in [5.41, 5.74) is 0.0929. The van der Waals surface area contributed by atoms with Crippen LogP contribution >= 0.6 is 0 Å². The molecule has 1 aliphatic rings. The number of aliphatic hydroxyl groups is 1. The fraction of sp³-hybridized carbons (Fsp3) is 1.00. The van der Waals surface area contributed by atoms with Crippen molar-refractivity contribution in [2.24, 2.45) is 5.41 Å². The quantitative estimate of drug-likeness (QED) is 0.755. The van der Waals surface area contributed by atoms with Gasteiger partial charge in [0.05, 0.1) is 6.10 Å². The Morgan fingerprint density at radius 1 is 1.38 bits per heavy atom. The summed E-state index contributed by atoms with van der Waals surface area (Å²) in [6, 6.07) is 0. The van der Waals surface area contributed by atoms with Gasteiger partial charge in [0.15, 0.2) is 0 Å². The van der Waals surface area contributed by atoms with Crippen molar-refractivity contribution in [2.45, 2.75) is 45.6 Å². The number of rotatable bonds is 6. The zero-order valence-corrected chi connectivity index (χ0v) is 11.0. The molecule has 1 saturated heterocycles. The molecule has 1 aliphatic heterocycles. The maximum atomic E-state index is 9.57. The predicted molar refractivity (Wildman–Crippen MR) is 66.6 cm³/mol. The van der Waals surface area contributed by atoms with Gasteiger partial charge in [0, 0.05) is 32.2 Å². The molecule has 1 heterocycles. The van der Waals surface area contributed by atoms with Gasteiger partial charge in [-0.05, 0) is 32.2 Å². The summed E-state index contributed by atoms with van der Waals surface area (Å²) >= 11 is 0. The van der Waals surface area contributed by atoms with Gasteiger partial charge in [-0.2, -0.15) is 0 Å². The second-order valence-corrected chi connectivity index (χ2v) is 5.10. The minimum Gasteiger partial charge on any atom is -0.396 e. The molecule has 0 aliphatic carbocycles. The summed E-state index contributed by atoms with van der Waals surface area (Å²) in [7, 11) is 1.80. The lowest BCUT2D eigenvalue weighted by atomic mass is 9.82. The lowest BCUT2D eigenvalue weighted by molar-refractivity contribution is -0.000997. The van der Waals surface area contributed by atoms with E-state index in [1.807, 2.05) is 0 Å². The highest BCUT2D eigenvalue weighted by molar-refractivity contribution is 4.83. The number of hydrogen-bond acceptors (Lipinski definition) is 3. The first kappa shape index (κ1) is 13.9. The van der Waals surface area contributed by atoms with E-state index in [0.717, 1.165) is 32.5 Å². The number of piperidine rings is 1. The zero-order chi connectivity index (χ0) is 12.0. The SMILES string of the molecule is CCC(CC)(CO)CN1CCCC(OC)C1. The summed E-state index contributed by atoms with van der Waals surface area (Å²) in [4.78, 5) is 2.46. The van der Waals surface area contributed by atoms with Gasteiger partial charge in [-0.15, -0.1) is 0 Å². The Balaban J connectivity index is 2.50. The Bertz CT molecular complexity index is 184. The molecular weight excluding hydrogens is 202 g/mol. The number of aliphatic hydroxyl groups excluding tert-OH is 1. The summed E-state index contributed by atoms with van der Waals surface area (Å²) < 4.78 is 5.43. The maximum Gasteiger partial charge on any atom is 0.0698 e. The number of nitrogens with zero attached hydrogens (tertiary/aromatic N) is 1. The first-order valence-corrected chi connectivity index (χ1v) is 6.55. The van der Waals surface area contributed by atoms with Crippen molar-refractivity contribution in [2.75, 3.05) is 33.4 Å². The zero-order valence-electron chi connectivity index (χ0n) is 11.0. The predicted octanol–water partition coefficient (Wildman–Crippen LogP) is 1.90. The van der Waals surface area contributed by atoms with E-state index in [4.69, 9.17) is 4.74 Å². The molecule has 16 heavy (non-hydrogen) atoms. The van der Waals surface area contributed by atoms with Crippen molar-refractivity contribution in [3.8, 4) is 0 Å². The maximum absolute atomic E-state index is 9.57. The fourth-order valence-electron chi connectivity index (χ4n) is 2.57. The van der Waals surface area contributed by atoms with Gasteiger partial charge in [0.1, 0.15) is 0 Å². The third-order valence-corrected chi connectivity index (χ3v) is 4.19. The van der Waals surface area contributed by atoms with Crippen LogP contribution in [0.1, 0.15) is 39.5 Å². The highest BCUT2D eigenvalue weighted by Gasteiger charge is 2.30. The highest BCUT2D eigenvalue weighted by Crippen LogP contribution is 2.28. The third kappa shape index (κ3) is 3.44. The van der Waals surface area contributed by atoms with Crippen molar-refractivity contribution < 1.29 is 9.84 Å². The van der Waals surface area contributed by atoms with Crippen molar-refractivity contribution in [1.82, 2.24) is 4.90 Å². The molecular formula is C13H27NO2. The monoisotopic (exact) mass is 229 g/mol. The van der Waals surface area contributed by atoms with Crippen LogP contribution in [-0.2, 0) is 4.74 Å². The normalized spacial score (nSPS) is 23.6. The van der Waals surface area contributed by atoms with Crippen LogP contribution in [0.3, 0.4) is 0 Å². The Morgan fingerprint density at radius 3 is 2.56 bits per heavy atom. The van der Waals surface area contributed by atoms with Gasteiger partial charge in [-0.3, -0.25) is 0 Å². The molecule has 3 heteroatoms. The van der Waals surface area contributed by atoms with Crippen LogP contribution < -0.4 is 0 Å². The topological polar surface area (TPSA) is 32.7 Å². The summed E-state index contributed by atoms with van der Waals surface area (Å²) in [6.45, 7) is 7.85. The number of hydrogen-bond donors (Lipinski definition) is 1. The summed E-state index contributed by atoms with van der Waals surface area (Å²) in [5, 5.41) is 9.57. The lowest BCUT2D eigenvalue weighted by Gasteiger charge is -2.39. The molecule has 1 rings (SSSR count). The van der Waals surface area contributed by atoms with Crippen molar-refractivity contribution in [3.63, 3.8) is 0 Å². The molecule has 1 atom stereocenters. The van der Waals surface area contributed by atoms with Crippen LogP contribution in [0, 0.1) is 5.41 Å².